The lowest BCUT2D eigenvalue weighted by Gasteiger charge is -2.23. The first-order valence-electron chi connectivity index (χ1n) is 8.73. The maximum absolute atomic E-state index is 12.3. The second-order valence-electron chi connectivity index (χ2n) is 6.33. The molecule has 0 radical (unpaired) electrons. The molecule has 1 N–H and O–H groups in total. The van der Waals surface area contributed by atoms with E-state index in [1.165, 1.54) is 14.0 Å². The predicted molar refractivity (Wildman–Crippen MR) is 107 cm³/mol. The summed E-state index contributed by atoms with van der Waals surface area (Å²) in [7, 11) is 3.09. The molecule has 0 heterocycles. The van der Waals surface area contributed by atoms with Crippen LogP contribution in [0.5, 0.6) is 11.5 Å². The highest BCUT2D eigenvalue weighted by Crippen LogP contribution is 2.29. The fourth-order valence-electron chi connectivity index (χ4n) is 2.91. The van der Waals surface area contributed by atoms with Crippen LogP contribution in [-0.4, -0.2) is 32.6 Å². The van der Waals surface area contributed by atoms with Gasteiger partial charge in [0.1, 0.15) is 0 Å². The van der Waals surface area contributed by atoms with E-state index in [1.54, 1.807) is 30.2 Å². The van der Waals surface area contributed by atoms with E-state index in [0.717, 1.165) is 16.8 Å². The number of benzene rings is 2. The van der Waals surface area contributed by atoms with Crippen molar-refractivity contribution in [2.75, 3.05) is 31.0 Å². The zero-order valence-corrected chi connectivity index (χ0v) is 16.5. The minimum absolute atomic E-state index is 0.0964. The third-order valence-electron chi connectivity index (χ3n) is 4.25. The van der Waals surface area contributed by atoms with Gasteiger partial charge in [0.25, 0.3) is 0 Å². The van der Waals surface area contributed by atoms with E-state index >= 15 is 0 Å². The summed E-state index contributed by atoms with van der Waals surface area (Å²) >= 11 is 0. The van der Waals surface area contributed by atoms with Gasteiger partial charge in [0, 0.05) is 37.3 Å². The second kappa shape index (κ2) is 9.07. The predicted octanol–water partition coefficient (Wildman–Crippen LogP) is 3.70. The van der Waals surface area contributed by atoms with Gasteiger partial charge in [-0.3, -0.25) is 9.59 Å². The minimum atomic E-state index is -0.182. The normalized spacial score (nSPS) is 10.3. The highest BCUT2D eigenvalue weighted by Gasteiger charge is 2.16. The first kappa shape index (κ1) is 20.3. The Labute approximate surface area is 160 Å². The van der Waals surface area contributed by atoms with E-state index in [0.29, 0.717) is 23.7 Å². The van der Waals surface area contributed by atoms with Crippen molar-refractivity contribution >= 4 is 23.2 Å². The third kappa shape index (κ3) is 5.23. The molecule has 0 aliphatic carbocycles. The van der Waals surface area contributed by atoms with Crippen LogP contribution in [-0.2, 0) is 9.59 Å². The first-order chi connectivity index (χ1) is 12.8. The first-order valence-corrected chi connectivity index (χ1v) is 8.73. The molecule has 2 rings (SSSR count). The molecule has 0 saturated heterocycles. The van der Waals surface area contributed by atoms with Gasteiger partial charge in [-0.05, 0) is 37.6 Å². The largest absolute Gasteiger partial charge is 0.493 e. The van der Waals surface area contributed by atoms with E-state index < -0.39 is 0 Å². The number of aryl methyl sites for hydroxylation is 2. The Morgan fingerprint density at radius 2 is 1.70 bits per heavy atom. The monoisotopic (exact) mass is 370 g/mol. The van der Waals surface area contributed by atoms with Crippen LogP contribution >= 0.6 is 0 Å². The van der Waals surface area contributed by atoms with Crippen LogP contribution in [0.1, 0.15) is 24.5 Å². The molecule has 0 bridgehead atoms. The number of amides is 2. The molecule has 0 aliphatic rings. The van der Waals surface area contributed by atoms with E-state index in [2.05, 4.69) is 5.32 Å². The quantitative estimate of drug-likeness (QED) is 0.807. The lowest BCUT2D eigenvalue weighted by molar-refractivity contribution is -0.117. The van der Waals surface area contributed by atoms with Crippen molar-refractivity contribution in [2.45, 2.75) is 27.2 Å². The lowest BCUT2D eigenvalue weighted by Crippen LogP contribution is -2.32. The number of rotatable bonds is 7. The van der Waals surface area contributed by atoms with Crippen molar-refractivity contribution in [2.24, 2.45) is 0 Å². The van der Waals surface area contributed by atoms with Gasteiger partial charge in [-0.2, -0.15) is 0 Å². The van der Waals surface area contributed by atoms with E-state index in [1.807, 2.05) is 32.0 Å². The minimum Gasteiger partial charge on any atom is -0.493 e. The Morgan fingerprint density at radius 3 is 2.30 bits per heavy atom. The number of nitrogens with one attached hydrogen (secondary N) is 1. The Morgan fingerprint density at radius 1 is 1.00 bits per heavy atom. The Bertz CT molecular complexity index is 833. The van der Waals surface area contributed by atoms with Crippen LogP contribution in [0, 0.1) is 13.8 Å². The molecule has 2 aromatic carbocycles. The van der Waals surface area contributed by atoms with Gasteiger partial charge in [-0.1, -0.05) is 17.7 Å². The van der Waals surface area contributed by atoms with Crippen molar-refractivity contribution < 1.29 is 19.1 Å². The molecule has 0 fully saturated rings. The zero-order valence-electron chi connectivity index (χ0n) is 16.5. The molecular weight excluding hydrogens is 344 g/mol. The van der Waals surface area contributed by atoms with Gasteiger partial charge in [-0.15, -0.1) is 0 Å². The summed E-state index contributed by atoms with van der Waals surface area (Å²) in [5.41, 5.74) is 3.57. The standard InChI is InChI=1S/C21H26N2O4/c1-14-6-8-18(15(2)12-14)23(16(3)24)11-10-21(25)22-17-7-9-19(26-4)20(13-17)27-5/h6-9,12-13H,10-11H2,1-5H3,(H,22,25). The number of anilines is 2. The molecular formula is C21H26N2O4. The summed E-state index contributed by atoms with van der Waals surface area (Å²) in [4.78, 5) is 26.0. The Balaban J connectivity index is 2.05. The number of hydrogen-bond acceptors (Lipinski definition) is 4. The average molecular weight is 370 g/mol. The number of hydrogen-bond donors (Lipinski definition) is 1. The Kier molecular flexibility index (Phi) is 6.82. The van der Waals surface area contributed by atoms with Gasteiger partial charge in [0.05, 0.1) is 14.2 Å². The lowest BCUT2D eigenvalue weighted by atomic mass is 10.1. The zero-order chi connectivity index (χ0) is 20.0. The van der Waals surface area contributed by atoms with Crippen LogP contribution in [0.15, 0.2) is 36.4 Å². The second-order valence-corrected chi connectivity index (χ2v) is 6.33. The molecule has 144 valence electrons. The summed E-state index contributed by atoms with van der Waals surface area (Å²) in [6.07, 6.45) is 0.182. The highest BCUT2D eigenvalue weighted by atomic mass is 16.5. The molecule has 0 aromatic heterocycles. The molecule has 2 amide bonds. The SMILES string of the molecule is COc1ccc(NC(=O)CCN(C(C)=O)c2ccc(C)cc2C)cc1OC. The maximum Gasteiger partial charge on any atom is 0.226 e. The molecule has 27 heavy (non-hydrogen) atoms. The summed E-state index contributed by atoms with van der Waals surface area (Å²) < 4.78 is 10.4. The van der Waals surface area contributed by atoms with Crippen molar-refractivity contribution in [3.05, 3.63) is 47.5 Å². The van der Waals surface area contributed by atoms with Crippen LogP contribution in [0.25, 0.3) is 0 Å². The smallest absolute Gasteiger partial charge is 0.226 e. The van der Waals surface area contributed by atoms with E-state index in [9.17, 15) is 9.59 Å². The van der Waals surface area contributed by atoms with Crippen molar-refractivity contribution in [1.82, 2.24) is 0 Å². The number of ether oxygens (including phenoxy) is 2. The van der Waals surface area contributed by atoms with Gasteiger partial charge in [-0.25, -0.2) is 0 Å². The van der Waals surface area contributed by atoms with Crippen LogP contribution in [0.4, 0.5) is 11.4 Å². The van der Waals surface area contributed by atoms with Crippen LogP contribution < -0.4 is 19.7 Å². The number of nitrogens with zero attached hydrogens (tertiary/aromatic N) is 1. The molecule has 0 atom stereocenters. The van der Waals surface area contributed by atoms with Gasteiger partial charge < -0.3 is 19.7 Å². The van der Waals surface area contributed by atoms with Gasteiger partial charge in [0.15, 0.2) is 11.5 Å². The Hall–Kier alpha value is -3.02. The summed E-state index contributed by atoms with van der Waals surface area (Å²) in [6.45, 7) is 5.78. The molecule has 2 aromatic rings. The van der Waals surface area contributed by atoms with E-state index in [-0.39, 0.29) is 18.2 Å². The van der Waals surface area contributed by atoms with Crippen LogP contribution in [0.2, 0.25) is 0 Å². The topological polar surface area (TPSA) is 67.9 Å². The summed E-state index contributed by atoms with van der Waals surface area (Å²) in [6, 6.07) is 11.1. The molecule has 0 unspecified atom stereocenters. The fraction of sp³-hybridized carbons (Fsp3) is 0.333. The number of carbonyl (C=O) groups is 2. The van der Waals surface area contributed by atoms with E-state index in [4.69, 9.17) is 9.47 Å². The molecule has 6 heteroatoms. The van der Waals surface area contributed by atoms with Crippen molar-refractivity contribution in [3.8, 4) is 11.5 Å². The van der Waals surface area contributed by atoms with Gasteiger partial charge >= 0.3 is 0 Å². The third-order valence-corrected chi connectivity index (χ3v) is 4.25. The summed E-state index contributed by atoms with van der Waals surface area (Å²) in [5.74, 6) is 0.850. The molecule has 0 saturated carbocycles. The van der Waals surface area contributed by atoms with Gasteiger partial charge in [0.2, 0.25) is 11.8 Å². The highest BCUT2D eigenvalue weighted by molar-refractivity contribution is 5.95. The van der Waals surface area contributed by atoms with Crippen LogP contribution in [0.3, 0.4) is 0 Å². The fourth-order valence-corrected chi connectivity index (χ4v) is 2.91. The van der Waals surface area contributed by atoms with Crippen molar-refractivity contribution in [3.63, 3.8) is 0 Å². The average Bonchev–Trinajstić information content (AvgIpc) is 2.63. The van der Waals surface area contributed by atoms with Crippen molar-refractivity contribution in [1.29, 1.82) is 0 Å². The maximum atomic E-state index is 12.3. The molecule has 0 spiro atoms. The number of carbonyl (C=O) groups excluding carboxylic acids is 2. The summed E-state index contributed by atoms with van der Waals surface area (Å²) in [5, 5.41) is 2.82. The number of methoxy groups -OCH3 is 2. The molecule has 0 aliphatic heterocycles. The molecule has 6 nitrogen and oxygen atoms in total.